The summed E-state index contributed by atoms with van der Waals surface area (Å²) in [4.78, 5) is 30.8. The number of fused-ring (bicyclic) bond motifs is 1. The molecule has 164 valence electrons. The second-order valence-electron chi connectivity index (χ2n) is 8.00. The Morgan fingerprint density at radius 2 is 1.84 bits per heavy atom. The quantitative estimate of drug-likeness (QED) is 0.571. The van der Waals surface area contributed by atoms with Crippen molar-refractivity contribution in [3.05, 3.63) is 63.8 Å². The number of aromatic nitrogens is 2. The fourth-order valence-electron chi connectivity index (χ4n) is 3.97. The second-order valence-corrected chi connectivity index (χ2v) is 8.00. The molecule has 6 nitrogen and oxygen atoms in total. The van der Waals surface area contributed by atoms with Gasteiger partial charge in [-0.25, -0.2) is 18.0 Å². The lowest BCUT2D eigenvalue weighted by Gasteiger charge is -2.36. The number of imidazole rings is 1. The van der Waals surface area contributed by atoms with Crippen LogP contribution < -0.4 is 15.9 Å². The molecule has 3 aromatic rings. The third-order valence-corrected chi connectivity index (χ3v) is 5.90. The van der Waals surface area contributed by atoms with E-state index in [1.54, 1.807) is 37.4 Å². The molecule has 1 aromatic heterocycles. The number of amides is 1. The molecule has 0 saturated heterocycles. The van der Waals surface area contributed by atoms with E-state index in [1.165, 1.54) is 6.07 Å². The highest BCUT2D eigenvalue weighted by atomic mass is 19.3. The van der Waals surface area contributed by atoms with Crippen LogP contribution in [0.4, 0.5) is 18.9 Å². The van der Waals surface area contributed by atoms with E-state index in [0.29, 0.717) is 40.7 Å². The Kier molecular flexibility index (Phi) is 5.51. The van der Waals surface area contributed by atoms with Gasteiger partial charge in [-0.05, 0) is 43.2 Å². The molecule has 1 saturated carbocycles. The van der Waals surface area contributed by atoms with Crippen molar-refractivity contribution in [1.29, 1.82) is 0 Å². The van der Waals surface area contributed by atoms with Gasteiger partial charge in [0.15, 0.2) is 0 Å². The molecule has 0 bridgehead atoms. The highest BCUT2D eigenvalue weighted by Gasteiger charge is 2.36. The summed E-state index contributed by atoms with van der Waals surface area (Å²) in [5, 5.41) is 2.67. The largest absolute Gasteiger partial charge is 0.372 e. The van der Waals surface area contributed by atoms with Gasteiger partial charge in [-0.3, -0.25) is 4.79 Å². The summed E-state index contributed by atoms with van der Waals surface area (Å²) in [6.45, 7) is -0.00793. The lowest BCUT2D eigenvalue weighted by molar-refractivity contribution is -0.0378. The van der Waals surface area contributed by atoms with Crippen molar-refractivity contribution in [2.75, 3.05) is 11.9 Å². The molecule has 1 fully saturated rings. The van der Waals surface area contributed by atoms with Crippen molar-refractivity contribution < 1.29 is 18.0 Å². The minimum absolute atomic E-state index is 0.00793. The normalized spacial score (nSPS) is 16.4. The van der Waals surface area contributed by atoms with Crippen LogP contribution in [-0.4, -0.2) is 34.9 Å². The van der Waals surface area contributed by atoms with Gasteiger partial charge in [0.05, 0.1) is 11.0 Å². The summed E-state index contributed by atoms with van der Waals surface area (Å²) in [5.41, 5.74) is 2.02. The van der Waals surface area contributed by atoms with Crippen LogP contribution in [0.3, 0.4) is 0 Å². The zero-order valence-electron chi connectivity index (χ0n) is 17.0. The predicted octanol–water partition coefficient (Wildman–Crippen LogP) is 3.94. The first-order valence-electron chi connectivity index (χ1n) is 10.1. The minimum atomic E-state index is -2.61. The van der Waals surface area contributed by atoms with Crippen LogP contribution in [0.5, 0.6) is 0 Å². The van der Waals surface area contributed by atoms with Crippen molar-refractivity contribution in [3.8, 4) is 0 Å². The first kappa shape index (κ1) is 21.0. The van der Waals surface area contributed by atoms with Crippen LogP contribution in [0.25, 0.3) is 11.0 Å². The maximum Gasteiger partial charge on any atom is 0.323 e. The number of hydrogen-bond acceptors (Lipinski definition) is 3. The van der Waals surface area contributed by atoms with Gasteiger partial charge < -0.3 is 20.2 Å². The summed E-state index contributed by atoms with van der Waals surface area (Å²) in [6, 6.07) is 9.37. The predicted molar refractivity (Wildman–Crippen MR) is 112 cm³/mol. The van der Waals surface area contributed by atoms with E-state index in [4.69, 9.17) is 0 Å². The first-order valence-corrected chi connectivity index (χ1v) is 10.1. The highest BCUT2D eigenvalue weighted by molar-refractivity contribution is 5.97. The minimum Gasteiger partial charge on any atom is -0.372 e. The Hall–Kier alpha value is -3.23. The zero-order valence-corrected chi connectivity index (χ0v) is 17.0. The van der Waals surface area contributed by atoms with Crippen LogP contribution in [0, 0.1) is 5.82 Å². The van der Waals surface area contributed by atoms with Crippen LogP contribution in [-0.2, 0) is 6.54 Å². The fraction of sp³-hybridized carbons (Fsp3) is 0.364. The Morgan fingerprint density at radius 1 is 1.13 bits per heavy atom. The number of aromatic amines is 2. The molecule has 4 rings (SSSR count). The maximum atomic E-state index is 14.6. The fourth-order valence-corrected chi connectivity index (χ4v) is 3.97. The molecule has 1 amide bonds. The molecule has 1 aliphatic carbocycles. The SMILES string of the molecule is CN(c1ccc(CNC(=O)c2ccc3[nH]c(=O)[nH]c3c2)c(F)c1)C1CCC(F)(F)CC1. The average molecular weight is 432 g/mol. The van der Waals surface area contributed by atoms with E-state index in [9.17, 15) is 22.8 Å². The highest BCUT2D eigenvalue weighted by Crippen LogP contribution is 2.36. The molecule has 3 N–H and O–H groups in total. The van der Waals surface area contributed by atoms with Gasteiger partial charge >= 0.3 is 5.69 Å². The molecule has 0 aliphatic heterocycles. The topological polar surface area (TPSA) is 81.0 Å². The molecule has 31 heavy (non-hydrogen) atoms. The van der Waals surface area contributed by atoms with Gasteiger partial charge in [-0.1, -0.05) is 6.07 Å². The molecule has 0 radical (unpaired) electrons. The summed E-state index contributed by atoms with van der Waals surface area (Å²) < 4.78 is 41.4. The molecule has 0 atom stereocenters. The third-order valence-electron chi connectivity index (χ3n) is 5.90. The third kappa shape index (κ3) is 4.60. The van der Waals surface area contributed by atoms with Gasteiger partial charge in [0, 0.05) is 49.3 Å². The summed E-state index contributed by atoms with van der Waals surface area (Å²) in [5.74, 6) is -3.48. The Balaban J connectivity index is 1.39. The monoisotopic (exact) mass is 432 g/mol. The number of carbonyl (C=O) groups is 1. The van der Waals surface area contributed by atoms with Gasteiger partial charge in [0.25, 0.3) is 5.91 Å². The standard InChI is InChI=1S/C22H23F3N4O2/c1-29(15-6-8-22(24,25)9-7-15)16-4-2-14(17(23)11-16)12-26-20(30)13-3-5-18-19(10-13)28-21(31)27-18/h2-5,10-11,15H,6-9,12H2,1H3,(H,26,30)(H2,27,28,31). The van der Waals surface area contributed by atoms with E-state index < -0.39 is 17.6 Å². The first-order chi connectivity index (χ1) is 14.7. The number of nitrogens with zero attached hydrogens (tertiary/aromatic N) is 1. The van der Waals surface area contributed by atoms with Crippen molar-refractivity contribution >= 4 is 22.6 Å². The van der Waals surface area contributed by atoms with Crippen molar-refractivity contribution in [1.82, 2.24) is 15.3 Å². The van der Waals surface area contributed by atoms with E-state index >= 15 is 0 Å². The van der Waals surface area contributed by atoms with E-state index in [-0.39, 0.29) is 31.1 Å². The van der Waals surface area contributed by atoms with Crippen LogP contribution in [0.15, 0.2) is 41.2 Å². The molecular formula is C22H23F3N4O2. The number of nitrogens with one attached hydrogen (secondary N) is 3. The number of hydrogen-bond donors (Lipinski definition) is 3. The summed E-state index contributed by atoms with van der Waals surface area (Å²) >= 11 is 0. The molecule has 1 heterocycles. The molecule has 9 heteroatoms. The second kappa shape index (κ2) is 8.13. The van der Waals surface area contributed by atoms with Crippen molar-refractivity contribution in [2.45, 2.75) is 44.2 Å². The van der Waals surface area contributed by atoms with Crippen LogP contribution in [0.2, 0.25) is 0 Å². The molecule has 0 spiro atoms. The Labute approximate surface area is 176 Å². The Morgan fingerprint density at radius 3 is 2.55 bits per heavy atom. The molecule has 1 aliphatic rings. The van der Waals surface area contributed by atoms with Crippen LogP contribution in [0.1, 0.15) is 41.6 Å². The molecular weight excluding hydrogens is 409 g/mol. The summed E-state index contributed by atoms with van der Waals surface area (Å²) in [7, 11) is 1.78. The number of benzene rings is 2. The smallest absolute Gasteiger partial charge is 0.323 e. The zero-order chi connectivity index (χ0) is 22.2. The maximum absolute atomic E-state index is 14.6. The number of anilines is 1. The molecule has 0 unspecified atom stereocenters. The van der Waals surface area contributed by atoms with Gasteiger partial charge in [0.1, 0.15) is 5.82 Å². The number of alkyl halides is 2. The van der Waals surface area contributed by atoms with E-state index in [1.807, 2.05) is 4.90 Å². The lowest BCUT2D eigenvalue weighted by atomic mass is 9.91. The van der Waals surface area contributed by atoms with E-state index in [0.717, 1.165) is 0 Å². The number of H-pyrrole nitrogens is 2. The van der Waals surface area contributed by atoms with Gasteiger partial charge in [-0.15, -0.1) is 0 Å². The average Bonchev–Trinajstić information content (AvgIpc) is 3.11. The van der Waals surface area contributed by atoms with Gasteiger partial charge in [-0.2, -0.15) is 0 Å². The number of halogens is 3. The number of carbonyl (C=O) groups excluding carboxylic acids is 1. The van der Waals surface area contributed by atoms with Crippen molar-refractivity contribution in [2.24, 2.45) is 0 Å². The van der Waals surface area contributed by atoms with Crippen LogP contribution >= 0.6 is 0 Å². The van der Waals surface area contributed by atoms with E-state index in [2.05, 4.69) is 15.3 Å². The number of rotatable bonds is 5. The van der Waals surface area contributed by atoms with Crippen molar-refractivity contribution in [3.63, 3.8) is 0 Å². The van der Waals surface area contributed by atoms with Gasteiger partial charge in [0.2, 0.25) is 5.92 Å². The molecule has 2 aromatic carbocycles. The summed E-state index contributed by atoms with van der Waals surface area (Å²) in [6.07, 6.45) is 0.410. The lowest BCUT2D eigenvalue weighted by Crippen LogP contribution is -2.38. The Bertz CT molecular complexity index is 1160.